The molecule has 2 amide bonds. The van der Waals surface area contributed by atoms with E-state index in [1.54, 1.807) is 12.1 Å². The van der Waals surface area contributed by atoms with Gasteiger partial charge < -0.3 is 15.1 Å². The fourth-order valence-electron chi connectivity index (χ4n) is 3.56. The van der Waals surface area contributed by atoms with E-state index in [0.717, 1.165) is 5.56 Å². The molecule has 1 fully saturated rings. The standard InChI is InChI=1S/C22H18ClF6N5OS/c23-16-3-1-13(2-4-16)9-18-31-20(36-32-18)34-7-5-33(6-8-34)19(35)30-17-11-14(21(24,25)26)10-15(12-17)22(27,28)29/h1-4,10-12H,5-9H2,(H,30,35). The zero-order chi connectivity index (χ0) is 26.1. The molecule has 0 spiro atoms. The van der Waals surface area contributed by atoms with E-state index in [1.165, 1.54) is 16.4 Å². The number of nitrogens with one attached hydrogen (secondary N) is 1. The van der Waals surface area contributed by atoms with Crippen LogP contribution >= 0.6 is 23.1 Å². The van der Waals surface area contributed by atoms with Crippen molar-refractivity contribution >= 4 is 40.0 Å². The first kappa shape index (κ1) is 26.0. The smallest absolute Gasteiger partial charge is 0.343 e. The Morgan fingerprint density at radius 2 is 1.53 bits per heavy atom. The lowest BCUT2D eigenvalue weighted by molar-refractivity contribution is -0.143. The first-order valence-electron chi connectivity index (χ1n) is 10.6. The first-order chi connectivity index (χ1) is 16.9. The maximum absolute atomic E-state index is 13.1. The number of hydrogen-bond donors (Lipinski definition) is 1. The summed E-state index contributed by atoms with van der Waals surface area (Å²) in [6.07, 6.45) is -9.48. The fourth-order valence-corrected chi connectivity index (χ4v) is 4.42. The van der Waals surface area contributed by atoms with Crippen LogP contribution in [0.5, 0.6) is 0 Å². The van der Waals surface area contributed by atoms with Gasteiger partial charge in [0.25, 0.3) is 0 Å². The second-order valence-electron chi connectivity index (χ2n) is 8.00. The van der Waals surface area contributed by atoms with Crippen molar-refractivity contribution in [2.45, 2.75) is 18.8 Å². The summed E-state index contributed by atoms with van der Waals surface area (Å²) in [5.74, 6) is 0.627. The number of piperazine rings is 1. The Morgan fingerprint density at radius 1 is 0.944 bits per heavy atom. The van der Waals surface area contributed by atoms with Gasteiger partial charge in [0, 0.05) is 54.8 Å². The van der Waals surface area contributed by atoms with Crippen LogP contribution in [0.4, 0.5) is 42.0 Å². The zero-order valence-electron chi connectivity index (χ0n) is 18.3. The maximum Gasteiger partial charge on any atom is 0.416 e. The summed E-state index contributed by atoms with van der Waals surface area (Å²) in [5.41, 5.74) is -2.58. The van der Waals surface area contributed by atoms with Gasteiger partial charge in [-0.15, -0.1) is 0 Å². The molecule has 1 aliphatic heterocycles. The van der Waals surface area contributed by atoms with Gasteiger partial charge in [-0.05, 0) is 35.9 Å². The number of carbonyl (C=O) groups excluding carboxylic acids is 1. The average molecular weight is 550 g/mol. The lowest BCUT2D eigenvalue weighted by Crippen LogP contribution is -2.50. The number of benzene rings is 2. The summed E-state index contributed by atoms with van der Waals surface area (Å²) in [4.78, 5) is 20.3. The number of rotatable bonds is 4. The van der Waals surface area contributed by atoms with Crippen molar-refractivity contribution in [1.29, 1.82) is 0 Å². The number of nitrogens with zero attached hydrogens (tertiary/aromatic N) is 4. The van der Waals surface area contributed by atoms with E-state index in [0.29, 0.717) is 47.6 Å². The predicted molar refractivity (Wildman–Crippen MR) is 123 cm³/mol. The second kappa shape index (κ2) is 10.1. The normalized spacial score (nSPS) is 14.8. The molecule has 0 saturated carbocycles. The molecule has 192 valence electrons. The molecular formula is C22H18ClF6N5OS. The summed E-state index contributed by atoms with van der Waals surface area (Å²) in [5, 5.41) is 3.45. The SMILES string of the molecule is O=C(Nc1cc(C(F)(F)F)cc(C(F)(F)F)c1)N1CCN(c2nc(Cc3ccc(Cl)cc3)ns2)CC1. The summed E-state index contributed by atoms with van der Waals surface area (Å²) >= 11 is 7.10. The molecule has 3 aromatic rings. The predicted octanol–water partition coefficient (Wildman–Crippen LogP) is 6.17. The molecular weight excluding hydrogens is 532 g/mol. The molecule has 36 heavy (non-hydrogen) atoms. The van der Waals surface area contributed by atoms with Crippen molar-refractivity contribution in [2.75, 3.05) is 36.4 Å². The second-order valence-corrected chi connectivity index (χ2v) is 9.16. The highest BCUT2D eigenvalue weighted by Gasteiger charge is 2.37. The highest BCUT2D eigenvalue weighted by atomic mass is 35.5. The van der Waals surface area contributed by atoms with Crippen LogP contribution in [0.2, 0.25) is 5.02 Å². The van der Waals surface area contributed by atoms with Crippen LogP contribution in [0.3, 0.4) is 0 Å². The topological polar surface area (TPSA) is 61.4 Å². The Bertz CT molecular complexity index is 1190. The Balaban J connectivity index is 1.37. The van der Waals surface area contributed by atoms with Crippen LogP contribution < -0.4 is 10.2 Å². The van der Waals surface area contributed by atoms with Gasteiger partial charge in [-0.1, -0.05) is 23.7 Å². The largest absolute Gasteiger partial charge is 0.416 e. The number of aromatic nitrogens is 2. The summed E-state index contributed by atoms with van der Waals surface area (Å²) < 4.78 is 82.7. The van der Waals surface area contributed by atoms with Gasteiger partial charge in [0.05, 0.1) is 11.1 Å². The first-order valence-corrected chi connectivity index (χ1v) is 11.7. The van der Waals surface area contributed by atoms with Crippen LogP contribution in [-0.4, -0.2) is 46.5 Å². The minimum atomic E-state index is -5.00. The third-order valence-electron chi connectivity index (χ3n) is 5.41. The van der Waals surface area contributed by atoms with Gasteiger partial charge in [0.2, 0.25) is 5.13 Å². The molecule has 2 aromatic carbocycles. The molecule has 14 heteroatoms. The van der Waals surface area contributed by atoms with Crippen molar-refractivity contribution < 1.29 is 31.1 Å². The van der Waals surface area contributed by atoms with Gasteiger partial charge in [0.1, 0.15) is 5.82 Å². The number of urea groups is 1. The van der Waals surface area contributed by atoms with Gasteiger partial charge in [-0.2, -0.15) is 30.7 Å². The molecule has 0 bridgehead atoms. The van der Waals surface area contributed by atoms with E-state index in [-0.39, 0.29) is 19.2 Å². The van der Waals surface area contributed by atoms with Crippen molar-refractivity contribution in [3.63, 3.8) is 0 Å². The Labute approximate surface area is 210 Å². The van der Waals surface area contributed by atoms with E-state index in [4.69, 9.17) is 11.6 Å². The number of amides is 2. The molecule has 1 aliphatic rings. The number of alkyl halides is 6. The minimum absolute atomic E-state index is 0.0116. The number of anilines is 2. The van der Waals surface area contributed by atoms with Crippen LogP contribution in [0.15, 0.2) is 42.5 Å². The molecule has 0 unspecified atom stereocenters. The van der Waals surface area contributed by atoms with Gasteiger partial charge in [-0.25, -0.2) is 9.78 Å². The lowest BCUT2D eigenvalue weighted by Gasteiger charge is -2.34. The zero-order valence-corrected chi connectivity index (χ0v) is 19.9. The Hall–Kier alpha value is -3.06. The molecule has 2 heterocycles. The van der Waals surface area contributed by atoms with Crippen LogP contribution in [-0.2, 0) is 18.8 Å². The Morgan fingerprint density at radius 3 is 2.08 bits per heavy atom. The van der Waals surface area contributed by atoms with E-state index in [1.807, 2.05) is 17.0 Å². The van der Waals surface area contributed by atoms with E-state index in [9.17, 15) is 31.1 Å². The molecule has 1 N–H and O–H groups in total. The Kier molecular flexibility index (Phi) is 7.32. The van der Waals surface area contributed by atoms with E-state index < -0.39 is 35.2 Å². The molecule has 1 aromatic heterocycles. The van der Waals surface area contributed by atoms with Crippen molar-refractivity contribution in [2.24, 2.45) is 0 Å². The minimum Gasteiger partial charge on any atom is -0.343 e. The van der Waals surface area contributed by atoms with E-state index in [2.05, 4.69) is 14.7 Å². The van der Waals surface area contributed by atoms with Crippen molar-refractivity contribution in [1.82, 2.24) is 14.3 Å². The van der Waals surface area contributed by atoms with Crippen LogP contribution in [0.25, 0.3) is 0 Å². The van der Waals surface area contributed by atoms with Crippen LogP contribution in [0.1, 0.15) is 22.5 Å². The molecule has 6 nitrogen and oxygen atoms in total. The molecule has 0 aliphatic carbocycles. The van der Waals surface area contributed by atoms with Crippen LogP contribution in [0, 0.1) is 0 Å². The fraction of sp³-hybridized carbons (Fsp3) is 0.318. The molecule has 0 radical (unpaired) electrons. The highest BCUT2D eigenvalue weighted by Crippen LogP contribution is 2.37. The third kappa shape index (κ3) is 6.38. The van der Waals surface area contributed by atoms with Gasteiger partial charge >= 0.3 is 18.4 Å². The number of carbonyl (C=O) groups is 1. The average Bonchev–Trinajstić information content (AvgIpc) is 3.28. The maximum atomic E-state index is 13.1. The van der Waals surface area contributed by atoms with E-state index >= 15 is 0 Å². The third-order valence-corrected chi connectivity index (χ3v) is 6.48. The highest BCUT2D eigenvalue weighted by molar-refractivity contribution is 7.09. The molecule has 4 rings (SSSR count). The van der Waals surface area contributed by atoms with Gasteiger partial charge in [-0.3, -0.25) is 0 Å². The molecule has 1 saturated heterocycles. The summed E-state index contributed by atoms with van der Waals surface area (Å²) in [7, 11) is 0. The quantitative estimate of drug-likeness (QED) is 0.395. The number of hydrogen-bond acceptors (Lipinski definition) is 5. The lowest BCUT2D eigenvalue weighted by atomic mass is 10.1. The monoisotopic (exact) mass is 549 g/mol. The summed E-state index contributed by atoms with van der Waals surface area (Å²) in [6, 6.07) is 7.49. The van der Waals surface area contributed by atoms with Gasteiger partial charge in [0.15, 0.2) is 0 Å². The van der Waals surface area contributed by atoms with Crippen molar-refractivity contribution in [3.8, 4) is 0 Å². The molecule has 0 atom stereocenters. The summed E-state index contributed by atoms with van der Waals surface area (Å²) in [6.45, 7) is 1.14. The number of halogens is 7. The van der Waals surface area contributed by atoms with Crippen molar-refractivity contribution in [3.05, 3.63) is 70.0 Å².